The van der Waals surface area contributed by atoms with Crippen LogP contribution in [-0.2, 0) is 11.3 Å². The predicted molar refractivity (Wildman–Crippen MR) is 60.8 cm³/mol. The van der Waals surface area contributed by atoms with Crippen molar-refractivity contribution in [2.45, 2.75) is 31.8 Å². The highest BCUT2D eigenvalue weighted by atomic mass is 16.3. The van der Waals surface area contributed by atoms with Crippen molar-refractivity contribution >= 4 is 5.91 Å². The number of furan rings is 1. The van der Waals surface area contributed by atoms with Gasteiger partial charge in [-0.3, -0.25) is 4.79 Å². The summed E-state index contributed by atoms with van der Waals surface area (Å²) in [5, 5.41) is 3.09. The van der Waals surface area contributed by atoms with Crippen LogP contribution in [0.3, 0.4) is 0 Å². The fraction of sp³-hybridized carbons (Fsp3) is 0.583. The first-order chi connectivity index (χ1) is 7.81. The Balaban J connectivity index is 2.04. The van der Waals surface area contributed by atoms with Gasteiger partial charge < -0.3 is 14.6 Å². The molecule has 4 heteroatoms. The average molecular weight is 222 g/mol. The van der Waals surface area contributed by atoms with E-state index in [1.54, 1.807) is 12.5 Å². The second-order valence-electron chi connectivity index (χ2n) is 4.23. The van der Waals surface area contributed by atoms with Crippen molar-refractivity contribution in [1.29, 1.82) is 0 Å². The molecule has 2 heterocycles. The number of nitrogens with zero attached hydrogens (tertiary/aromatic N) is 1. The minimum absolute atomic E-state index is 0.0191. The zero-order valence-corrected chi connectivity index (χ0v) is 9.61. The molecule has 16 heavy (non-hydrogen) atoms. The summed E-state index contributed by atoms with van der Waals surface area (Å²) in [6.45, 7) is 1.51. The molecule has 1 N–H and O–H groups in total. The Labute approximate surface area is 95.6 Å². The molecule has 0 aliphatic carbocycles. The van der Waals surface area contributed by atoms with Crippen LogP contribution < -0.4 is 5.32 Å². The molecular weight excluding hydrogens is 204 g/mol. The van der Waals surface area contributed by atoms with Crippen molar-refractivity contribution in [2.75, 3.05) is 13.6 Å². The third kappa shape index (κ3) is 2.44. The lowest BCUT2D eigenvalue weighted by molar-refractivity contribution is -0.133. The second kappa shape index (κ2) is 5.16. The van der Waals surface area contributed by atoms with Gasteiger partial charge in [-0.25, -0.2) is 0 Å². The van der Waals surface area contributed by atoms with E-state index in [2.05, 4.69) is 5.32 Å². The van der Waals surface area contributed by atoms with Crippen LogP contribution in [0.4, 0.5) is 0 Å². The van der Waals surface area contributed by atoms with E-state index in [0.29, 0.717) is 6.54 Å². The molecule has 1 aromatic rings. The molecule has 1 atom stereocenters. The van der Waals surface area contributed by atoms with Gasteiger partial charge in [-0.15, -0.1) is 0 Å². The first-order valence-corrected chi connectivity index (χ1v) is 5.78. The van der Waals surface area contributed by atoms with Crippen molar-refractivity contribution in [2.24, 2.45) is 0 Å². The van der Waals surface area contributed by atoms with Crippen molar-refractivity contribution in [1.82, 2.24) is 10.2 Å². The topological polar surface area (TPSA) is 45.5 Å². The van der Waals surface area contributed by atoms with E-state index in [0.717, 1.165) is 31.4 Å². The summed E-state index contributed by atoms with van der Waals surface area (Å²) >= 11 is 0. The molecule has 0 saturated carbocycles. The van der Waals surface area contributed by atoms with E-state index in [-0.39, 0.29) is 11.9 Å². The van der Waals surface area contributed by atoms with Gasteiger partial charge in [0.1, 0.15) is 0 Å². The molecule has 1 saturated heterocycles. The largest absolute Gasteiger partial charge is 0.472 e. The minimum atomic E-state index is -0.0191. The van der Waals surface area contributed by atoms with Gasteiger partial charge in [-0.2, -0.15) is 0 Å². The maximum atomic E-state index is 12.1. The lowest BCUT2D eigenvalue weighted by Gasteiger charge is -2.23. The minimum Gasteiger partial charge on any atom is -0.472 e. The van der Waals surface area contributed by atoms with Crippen molar-refractivity contribution in [3.63, 3.8) is 0 Å². The fourth-order valence-electron chi connectivity index (χ4n) is 2.13. The predicted octanol–water partition coefficient (Wildman–Crippen LogP) is 1.38. The van der Waals surface area contributed by atoms with Crippen LogP contribution in [-0.4, -0.2) is 30.4 Å². The van der Waals surface area contributed by atoms with Gasteiger partial charge in [-0.1, -0.05) is 0 Å². The summed E-state index contributed by atoms with van der Waals surface area (Å²) < 4.78 is 5.02. The Morgan fingerprint density at radius 1 is 1.56 bits per heavy atom. The van der Waals surface area contributed by atoms with Crippen LogP contribution in [0.1, 0.15) is 24.8 Å². The van der Waals surface area contributed by atoms with E-state index in [4.69, 9.17) is 4.42 Å². The van der Waals surface area contributed by atoms with Gasteiger partial charge in [0.15, 0.2) is 0 Å². The molecule has 2 rings (SSSR count). The number of amides is 1. The van der Waals surface area contributed by atoms with Crippen molar-refractivity contribution < 1.29 is 9.21 Å². The number of hydrogen-bond donors (Lipinski definition) is 1. The third-order valence-electron chi connectivity index (χ3n) is 3.08. The Kier molecular flexibility index (Phi) is 3.62. The number of likely N-dealkylation sites (tertiary alicyclic amines) is 1. The van der Waals surface area contributed by atoms with E-state index < -0.39 is 0 Å². The van der Waals surface area contributed by atoms with E-state index >= 15 is 0 Å². The number of carbonyl (C=O) groups excluding carboxylic acids is 1. The van der Waals surface area contributed by atoms with Crippen LogP contribution >= 0.6 is 0 Å². The number of nitrogens with one attached hydrogen (secondary N) is 1. The Bertz CT molecular complexity index is 335. The number of hydrogen-bond acceptors (Lipinski definition) is 3. The second-order valence-corrected chi connectivity index (χ2v) is 4.23. The molecule has 1 aromatic heterocycles. The first-order valence-electron chi connectivity index (χ1n) is 5.78. The lowest BCUT2D eigenvalue weighted by Crippen LogP contribution is -2.43. The number of carbonyl (C=O) groups is 1. The van der Waals surface area contributed by atoms with Gasteiger partial charge in [0.25, 0.3) is 0 Å². The quantitative estimate of drug-likeness (QED) is 0.840. The summed E-state index contributed by atoms with van der Waals surface area (Å²) in [6.07, 6.45) is 6.48. The number of rotatable bonds is 3. The number of likely N-dealkylation sites (N-methyl/N-ethyl adjacent to an activating group) is 1. The standard InChI is InChI=1S/C12H18N2O2/c1-13-11-4-2-3-6-14(12(11)15)8-10-5-7-16-9-10/h5,7,9,11,13H,2-4,6,8H2,1H3. The van der Waals surface area contributed by atoms with Crippen LogP contribution in [0.15, 0.2) is 23.0 Å². The molecule has 1 fully saturated rings. The maximum absolute atomic E-state index is 12.1. The smallest absolute Gasteiger partial charge is 0.239 e. The van der Waals surface area contributed by atoms with Gasteiger partial charge in [0.2, 0.25) is 5.91 Å². The highest BCUT2D eigenvalue weighted by Crippen LogP contribution is 2.15. The van der Waals surface area contributed by atoms with Gasteiger partial charge in [0.05, 0.1) is 18.6 Å². The van der Waals surface area contributed by atoms with E-state index in [1.807, 2.05) is 18.0 Å². The zero-order valence-electron chi connectivity index (χ0n) is 9.61. The Hall–Kier alpha value is -1.29. The maximum Gasteiger partial charge on any atom is 0.239 e. The summed E-state index contributed by atoms with van der Waals surface area (Å²) in [6, 6.07) is 1.89. The van der Waals surface area contributed by atoms with Crippen LogP contribution in [0.25, 0.3) is 0 Å². The Morgan fingerprint density at radius 3 is 3.12 bits per heavy atom. The summed E-state index contributed by atoms with van der Waals surface area (Å²) in [5.41, 5.74) is 1.06. The van der Waals surface area contributed by atoms with Gasteiger partial charge in [-0.05, 0) is 32.4 Å². The average Bonchev–Trinajstić information content (AvgIpc) is 2.73. The molecule has 88 valence electrons. The summed E-state index contributed by atoms with van der Waals surface area (Å²) in [4.78, 5) is 14.1. The molecule has 1 unspecified atom stereocenters. The van der Waals surface area contributed by atoms with Crippen LogP contribution in [0.5, 0.6) is 0 Å². The molecular formula is C12H18N2O2. The normalized spacial score (nSPS) is 22.2. The summed E-state index contributed by atoms with van der Waals surface area (Å²) in [5.74, 6) is 0.209. The van der Waals surface area contributed by atoms with Crippen LogP contribution in [0, 0.1) is 0 Å². The molecule has 4 nitrogen and oxygen atoms in total. The third-order valence-corrected chi connectivity index (χ3v) is 3.08. The molecule has 0 spiro atoms. The SMILES string of the molecule is CNC1CCCCN(Cc2ccoc2)C1=O. The monoisotopic (exact) mass is 222 g/mol. The van der Waals surface area contributed by atoms with E-state index in [9.17, 15) is 4.79 Å². The molecule has 1 amide bonds. The summed E-state index contributed by atoms with van der Waals surface area (Å²) in [7, 11) is 1.85. The van der Waals surface area contributed by atoms with Gasteiger partial charge in [0, 0.05) is 18.7 Å². The molecule has 1 aliphatic rings. The molecule has 1 aliphatic heterocycles. The fourth-order valence-corrected chi connectivity index (χ4v) is 2.13. The highest BCUT2D eigenvalue weighted by Gasteiger charge is 2.25. The van der Waals surface area contributed by atoms with Crippen molar-refractivity contribution in [3.05, 3.63) is 24.2 Å². The van der Waals surface area contributed by atoms with Gasteiger partial charge >= 0.3 is 0 Å². The molecule has 0 radical (unpaired) electrons. The van der Waals surface area contributed by atoms with E-state index in [1.165, 1.54) is 0 Å². The molecule has 0 aromatic carbocycles. The van der Waals surface area contributed by atoms with Crippen molar-refractivity contribution in [3.8, 4) is 0 Å². The zero-order chi connectivity index (χ0) is 11.4. The highest BCUT2D eigenvalue weighted by molar-refractivity contribution is 5.82. The molecule has 0 bridgehead atoms. The first kappa shape index (κ1) is 11.2. The van der Waals surface area contributed by atoms with Crippen LogP contribution in [0.2, 0.25) is 0 Å². The Morgan fingerprint density at radius 2 is 2.44 bits per heavy atom. The lowest BCUT2D eigenvalue weighted by atomic mass is 10.1.